The zero-order chi connectivity index (χ0) is 27.6. The molecule has 1 aliphatic carbocycles. The van der Waals surface area contributed by atoms with Crippen LogP contribution in [0.1, 0.15) is 70.5 Å². The number of amides is 2. The number of methoxy groups -OCH3 is 1. The number of urea groups is 1. The topological polar surface area (TPSA) is 93.9 Å². The number of aromatic nitrogens is 4. The highest BCUT2D eigenvalue weighted by atomic mass is 19.3. The molecule has 11 heteroatoms. The van der Waals surface area contributed by atoms with Gasteiger partial charge < -0.3 is 24.1 Å². The number of fused-ring (bicyclic) bond motifs is 7. The van der Waals surface area contributed by atoms with Crippen molar-refractivity contribution in [2.75, 3.05) is 20.3 Å². The lowest BCUT2D eigenvalue weighted by Crippen LogP contribution is -2.47. The smallest absolute Gasteiger partial charge is 0.318 e. The number of rotatable bonds is 5. The van der Waals surface area contributed by atoms with Crippen LogP contribution >= 0.6 is 0 Å². The minimum Gasteiger partial charge on any atom is -0.494 e. The molecule has 2 aliphatic rings. The molecule has 1 saturated carbocycles. The van der Waals surface area contributed by atoms with Gasteiger partial charge in [-0.25, -0.2) is 23.5 Å². The van der Waals surface area contributed by atoms with E-state index in [1.165, 1.54) is 0 Å². The van der Waals surface area contributed by atoms with E-state index in [1.807, 2.05) is 36.7 Å². The van der Waals surface area contributed by atoms with Gasteiger partial charge in [-0.3, -0.25) is 4.98 Å². The molecule has 3 aromatic heterocycles. The first-order valence-corrected chi connectivity index (χ1v) is 13.7. The number of ether oxygens (including phenoxy) is 2. The predicted molar refractivity (Wildman–Crippen MR) is 142 cm³/mol. The summed E-state index contributed by atoms with van der Waals surface area (Å²) < 4.78 is 41.1. The van der Waals surface area contributed by atoms with Crippen LogP contribution in [0, 0.1) is 5.41 Å². The Morgan fingerprint density at radius 3 is 2.79 bits per heavy atom. The van der Waals surface area contributed by atoms with Crippen LogP contribution in [0.2, 0.25) is 0 Å². The number of carbonyl (C=O) groups is 1. The van der Waals surface area contributed by atoms with Crippen molar-refractivity contribution in [3.05, 3.63) is 36.5 Å². The predicted octanol–water partition coefficient (Wildman–Crippen LogP) is 5.65. The van der Waals surface area contributed by atoms with Crippen molar-refractivity contribution in [2.24, 2.45) is 5.41 Å². The molecular formula is C28H36F2N6O3. The van der Waals surface area contributed by atoms with Crippen molar-refractivity contribution in [1.82, 2.24) is 29.6 Å². The molecule has 39 heavy (non-hydrogen) atoms. The van der Waals surface area contributed by atoms with E-state index in [-0.39, 0.29) is 24.5 Å². The van der Waals surface area contributed by atoms with Gasteiger partial charge in [0.2, 0.25) is 12.1 Å². The average Bonchev–Trinajstić information content (AvgIpc) is 3.56. The van der Waals surface area contributed by atoms with Gasteiger partial charge in [-0.05, 0) is 58.4 Å². The Balaban J connectivity index is 1.51. The highest BCUT2D eigenvalue weighted by Crippen LogP contribution is 2.54. The first-order chi connectivity index (χ1) is 18.8. The summed E-state index contributed by atoms with van der Waals surface area (Å²) >= 11 is 0. The fourth-order valence-electron chi connectivity index (χ4n) is 5.42. The normalized spacial score (nSPS) is 21.8. The highest BCUT2D eigenvalue weighted by molar-refractivity contribution is 5.75. The molecule has 0 spiro atoms. The molecule has 1 N–H and O–H groups in total. The third-order valence-electron chi connectivity index (χ3n) is 8.00. The summed E-state index contributed by atoms with van der Waals surface area (Å²) in [5.74, 6) is 0.962. The number of nitrogens with one attached hydrogen (secondary N) is 1. The summed E-state index contributed by atoms with van der Waals surface area (Å²) in [6.45, 7) is 4.68. The quantitative estimate of drug-likeness (QED) is 0.448. The number of alkyl halides is 2. The van der Waals surface area contributed by atoms with Crippen LogP contribution in [0.4, 0.5) is 13.6 Å². The maximum absolute atomic E-state index is 13.8. The molecule has 0 aromatic carbocycles. The number of hydrogen-bond donors (Lipinski definition) is 1. The first kappa shape index (κ1) is 27.1. The molecule has 2 amide bonds. The molecule has 1 unspecified atom stereocenters. The molecule has 1 fully saturated rings. The first-order valence-electron chi connectivity index (χ1n) is 13.7. The molecule has 4 heterocycles. The largest absolute Gasteiger partial charge is 0.494 e. The lowest BCUT2D eigenvalue weighted by atomic mass is 9.93. The van der Waals surface area contributed by atoms with Crippen LogP contribution in [-0.2, 0) is 0 Å². The Kier molecular flexibility index (Phi) is 7.86. The summed E-state index contributed by atoms with van der Waals surface area (Å²) in [7, 11) is 1.57. The van der Waals surface area contributed by atoms with Crippen molar-refractivity contribution in [2.45, 2.75) is 77.3 Å². The minimum absolute atomic E-state index is 0.271. The molecule has 210 valence electrons. The van der Waals surface area contributed by atoms with Crippen LogP contribution in [-0.4, -0.2) is 63.0 Å². The average molecular weight is 543 g/mol. The van der Waals surface area contributed by atoms with E-state index in [9.17, 15) is 13.6 Å². The molecular weight excluding hydrogens is 506 g/mol. The summed E-state index contributed by atoms with van der Waals surface area (Å²) in [6.07, 6.45) is 8.97. The van der Waals surface area contributed by atoms with E-state index in [1.54, 1.807) is 24.4 Å². The Hall–Kier alpha value is -3.50. The van der Waals surface area contributed by atoms with Gasteiger partial charge >= 0.3 is 6.03 Å². The number of halogens is 2. The second-order valence-corrected chi connectivity index (χ2v) is 10.6. The van der Waals surface area contributed by atoms with Gasteiger partial charge in [0.25, 0.3) is 5.88 Å². The SMILES string of the molecule is CCN1C(=O)NC(CC2(C(F)F)CC2)CCCCCOc2nc(cn3ccnc23)-c2cc(ncc2OC)[C@H]1C. The summed E-state index contributed by atoms with van der Waals surface area (Å²) in [5, 5.41) is 3.09. The zero-order valence-electron chi connectivity index (χ0n) is 22.7. The van der Waals surface area contributed by atoms with Gasteiger partial charge in [0.15, 0.2) is 0 Å². The highest BCUT2D eigenvalue weighted by Gasteiger charge is 2.52. The van der Waals surface area contributed by atoms with Gasteiger partial charge in [0.05, 0.1) is 37.3 Å². The lowest BCUT2D eigenvalue weighted by Gasteiger charge is -2.31. The van der Waals surface area contributed by atoms with E-state index in [4.69, 9.17) is 14.5 Å². The van der Waals surface area contributed by atoms with Gasteiger partial charge in [-0.2, -0.15) is 0 Å². The van der Waals surface area contributed by atoms with Gasteiger partial charge in [0.1, 0.15) is 5.75 Å². The molecule has 4 bridgehead atoms. The molecule has 0 radical (unpaired) electrons. The van der Waals surface area contributed by atoms with Crippen LogP contribution in [0.15, 0.2) is 30.9 Å². The van der Waals surface area contributed by atoms with Crippen molar-refractivity contribution >= 4 is 11.7 Å². The van der Waals surface area contributed by atoms with Crippen molar-refractivity contribution < 1.29 is 23.0 Å². The Labute approximate surface area is 226 Å². The minimum atomic E-state index is -2.38. The van der Waals surface area contributed by atoms with Crippen molar-refractivity contribution in [3.8, 4) is 22.9 Å². The number of imidazole rings is 1. The van der Waals surface area contributed by atoms with E-state index < -0.39 is 11.8 Å². The number of carbonyl (C=O) groups excluding carboxylic acids is 1. The fourth-order valence-corrected chi connectivity index (χ4v) is 5.42. The van der Waals surface area contributed by atoms with Crippen molar-refractivity contribution in [3.63, 3.8) is 0 Å². The summed E-state index contributed by atoms with van der Waals surface area (Å²) in [6, 6.07) is 0.896. The third kappa shape index (κ3) is 5.62. The van der Waals surface area contributed by atoms with E-state index in [2.05, 4.69) is 15.3 Å². The summed E-state index contributed by atoms with van der Waals surface area (Å²) in [5.41, 5.74) is 1.64. The van der Waals surface area contributed by atoms with Gasteiger partial charge in [-0.15, -0.1) is 0 Å². The molecule has 3 aromatic rings. The maximum atomic E-state index is 13.8. The summed E-state index contributed by atoms with van der Waals surface area (Å²) in [4.78, 5) is 29.0. The fraction of sp³-hybridized carbons (Fsp3) is 0.571. The molecule has 2 atom stereocenters. The number of pyridine rings is 1. The van der Waals surface area contributed by atoms with Crippen LogP contribution < -0.4 is 14.8 Å². The van der Waals surface area contributed by atoms with Crippen LogP contribution in [0.25, 0.3) is 16.9 Å². The number of nitrogens with zero attached hydrogens (tertiary/aromatic N) is 5. The van der Waals surface area contributed by atoms with Gasteiger partial charge in [-0.1, -0.05) is 6.42 Å². The van der Waals surface area contributed by atoms with E-state index >= 15 is 0 Å². The van der Waals surface area contributed by atoms with E-state index in [0.29, 0.717) is 66.6 Å². The monoisotopic (exact) mass is 542 g/mol. The third-order valence-corrected chi connectivity index (χ3v) is 8.00. The van der Waals surface area contributed by atoms with Crippen molar-refractivity contribution in [1.29, 1.82) is 0 Å². The van der Waals surface area contributed by atoms with Crippen LogP contribution in [0.5, 0.6) is 11.6 Å². The maximum Gasteiger partial charge on any atom is 0.318 e. The molecule has 0 saturated heterocycles. The zero-order valence-corrected chi connectivity index (χ0v) is 22.7. The Morgan fingerprint density at radius 1 is 1.26 bits per heavy atom. The van der Waals surface area contributed by atoms with Crippen LogP contribution in [0.3, 0.4) is 0 Å². The second kappa shape index (κ2) is 11.3. The lowest BCUT2D eigenvalue weighted by molar-refractivity contribution is 0.0490. The van der Waals surface area contributed by atoms with E-state index in [0.717, 1.165) is 19.3 Å². The molecule has 1 aliphatic heterocycles. The Bertz CT molecular complexity index is 1310. The molecule has 9 nitrogen and oxygen atoms in total. The second-order valence-electron chi connectivity index (χ2n) is 10.6. The standard InChI is InChI=1S/C28H36F2N6O3/c1-4-36-18(2)21-14-20(23(38-3)16-32-21)22-17-35-12-11-31-24(35)25(34-22)39-13-7-5-6-8-19(33-27(36)37)15-28(9-10-28)26(29)30/h11-12,14,16-19,26H,4-10,13,15H2,1-3H3,(H,33,37)/t18-,19?/m1/s1. The Morgan fingerprint density at radius 2 is 2.08 bits per heavy atom. The number of hydrogen-bond acceptors (Lipinski definition) is 6. The molecule has 5 rings (SSSR count). The van der Waals surface area contributed by atoms with Gasteiger partial charge in [0, 0.05) is 42.2 Å².